The molecular formula is C19H37N3O7. The van der Waals surface area contributed by atoms with Gasteiger partial charge in [0.1, 0.15) is 0 Å². The van der Waals surface area contributed by atoms with E-state index in [0.717, 1.165) is 71.7 Å². The van der Waals surface area contributed by atoms with E-state index in [0.29, 0.717) is 19.1 Å². The molecule has 0 radical (unpaired) electrons. The molecule has 10 nitrogen and oxygen atoms in total. The van der Waals surface area contributed by atoms with Gasteiger partial charge in [-0.25, -0.2) is 0 Å². The fraction of sp³-hybridized carbons (Fsp3) is 0.842. The lowest BCUT2D eigenvalue weighted by atomic mass is 9.97. The van der Waals surface area contributed by atoms with Crippen LogP contribution in [0.15, 0.2) is 0 Å². The highest BCUT2D eigenvalue weighted by atomic mass is 16.5. The Morgan fingerprint density at radius 3 is 2.31 bits per heavy atom. The molecule has 2 aliphatic rings. The standard InChI is InChI=1S/C17H33N3O3.2CH2O2/c1-18-6-3-5-16(15-18)17(21)20-8-4-7-19(9-10-20)11-12-23-14-13-22-2;2*2-1-3/h16H,3-15H2,1-2H3;2*1H,(H,2,3). The smallest absolute Gasteiger partial charge is 0.290 e. The number of hydrogen-bond acceptors (Lipinski definition) is 7. The van der Waals surface area contributed by atoms with Crippen molar-refractivity contribution in [3.63, 3.8) is 0 Å². The van der Waals surface area contributed by atoms with Crippen LogP contribution in [0.25, 0.3) is 0 Å². The van der Waals surface area contributed by atoms with E-state index >= 15 is 0 Å². The summed E-state index contributed by atoms with van der Waals surface area (Å²) in [4.78, 5) is 36.2. The van der Waals surface area contributed by atoms with E-state index in [1.54, 1.807) is 7.11 Å². The Balaban J connectivity index is 0.00000116. The number of rotatable bonds is 7. The van der Waals surface area contributed by atoms with E-state index in [4.69, 9.17) is 29.3 Å². The normalized spacial score (nSPS) is 20.3. The first-order valence-corrected chi connectivity index (χ1v) is 9.96. The zero-order valence-electron chi connectivity index (χ0n) is 17.7. The number of carbonyl (C=O) groups is 3. The van der Waals surface area contributed by atoms with Crippen LogP contribution in [-0.2, 0) is 23.9 Å². The molecule has 0 aromatic heterocycles. The lowest BCUT2D eigenvalue weighted by Gasteiger charge is -2.32. The highest BCUT2D eigenvalue weighted by Gasteiger charge is 2.28. The highest BCUT2D eigenvalue weighted by Crippen LogP contribution is 2.18. The van der Waals surface area contributed by atoms with Gasteiger partial charge in [0.25, 0.3) is 12.9 Å². The number of hydrogen-bond donors (Lipinski definition) is 2. The van der Waals surface area contributed by atoms with Crippen LogP contribution in [0.1, 0.15) is 19.3 Å². The molecule has 1 unspecified atom stereocenters. The summed E-state index contributed by atoms with van der Waals surface area (Å²) in [6.07, 6.45) is 3.26. The van der Waals surface area contributed by atoms with Gasteiger partial charge in [-0.05, 0) is 39.4 Å². The molecule has 0 spiro atoms. The van der Waals surface area contributed by atoms with E-state index in [1.807, 2.05) is 0 Å². The van der Waals surface area contributed by atoms with Crippen molar-refractivity contribution in [2.75, 3.05) is 79.8 Å². The van der Waals surface area contributed by atoms with Crippen molar-refractivity contribution in [2.24, 2.45) is 5.92 Å². The van der Waals surface area contributed by atoms with Crippen LogP contribution in [0.4, 0.5) is 0 Å². The van der Waals surface area contributed by atoms with Crippen molar-refractivity contribution in [3.8, 4) is 0 Å². The SMILES string of the molecule is COCCOCCN1CCCN(C(=O)C2CCCN(C)C2)CC1.O=CO.O=CO. The Labute approximate surface area is 173 Å². The first-order chi connectivity index (χ1) is 14.0. The molecule has 2 saturated heterocycles. The first kappa shape index (κ1) is 27.2. The van der Waals surface area contributed by atoms with Crippen molar-refractivity contribution >= 4 is 18.9 Å². The van der Waals surface area contributed by atoms with E-state index in [-0.39, 0.29) is 18.9 Å². The average Bonchev–Trinajstić information content (AvgIpc) is 2.94. The minimum Gasteiger partial charge on any atom is -0.483 e. The third kappa shape index (κ3) is 13.2. The van der Waals surface area contributed by atoms with Gasteiger partial charge in [-0.3, -0.25) is 19.3 Å². The predicted molar refractivity (Wildman–Crippen MR) is 108 cm³/mol. The molecule has 10 heteroatoms. The van der Waals surface area contributed by atoms with Crippen molar-refractivity contribution in [1.82, 2.24) is 14.7 Å². The third-order valence-corrected chi connectivity index (χ3v) is 4.86. The van der Waals surface area contributed by atoms with Crippen LogP contribution in [0.3, 0.4) is 0 Å². The molecule has 29 heavy (non-hydrogen) atoms. The Morgan fingerprint density at radius 1 is 1.00 bits per heavy atom. The van der Waals surface area contributed by atoms with E-state index in [9.17, 15) is 4.79 Å². The predicted octanol–water partition coefficient (Wildman–Crippen LogP) is -0.0729. The van der Waals surface area contributed by atoms with Crippen molar-refractivity contribution in [1.29, 1.82) is 0 Å². The number of piperidine rings is 1. The fourth-order valence-electron chi connectivity index (χ4n) is 3.48. The number of carbonyl (C=O) groups excluding carboxylic acids is 1. The highest BCUT2D eigenvalue weighted by molar-refractivity contribution is 5.79. The summed E-state index contributed by atoms with van der Waals surface area (Å²) in [5.74, 6) is 0.576. The van der Waals surface area contributed by atoms with Gasteiger partial charge in [-0.2, -0.15) is 0 Å². The zero-order chi connectivity index (χ0) is 21.9. The molecule has 1 atom stereocenters. The molecular weight excluding hydrogens is 382 g/mol. The first-order valence-electron chi connectivity index (χ1n) is 9.96. The lowest BCUT2D eigenvalue weighted by molar-refractivity contribution is -0.137. The van der Waals surface area contributed by atoms with E-state index in [1.165, 1.54) is 0 Å². The van der Waals surface area contributed by atoms with Gasteiger partial charge in [-0.1, -0.05) is 0 Å². The topological polar surface area (TPSA) is 120 Å². The summed E-state index contributed by atoms with van der Waals surface area (Å²) in [6, 6.07) is 0. The molecule has 0 bridgehead atoms. The second kappa shape index (κ2) is 18.3. The summed E-state index contributed by atoms with van der Waals surface area (Å²) < 4.78 is 10.5. The van der Waals surface area contributed by atoms with Gasteiger partial charge >= 0.3 is 0 Å². The molecule has 0 saturated carbocycles. The van der Waals surface area contributed by atoms with E-state index in [2.05, 4.69) is 21.7 Å². The van der Waals surface area contributed by atoms with Gasteiger partial charge in [0.15, 0.2) is 0 Å². The van der Waals surface area contributed by atoms with E-state index < -0.39 is 0 Å². The zero-order valence-corrected chi connectivity index (χ0v) is 17.7. The van der Waals surface area contributed by atoms with Crippen LogP contribution >= 0.6 is 0 Å². The van der Waals surface area contributed by atoms with Gasteiger partial charge in [0.05, 0.1) is 25.7 Å². The summed E-state index contributed by atoms with van der Waals surface area (Å²) >= 11 is 0. The van der Waals surface area contributed by atoms with Crippen LogP contribution in [-0.4, -0.2) is 124 Å². The number of carboxylic acid groups (broad SMARTS) is 2. The number of nitrogens with zero attached hydrogens (tertiary/aromatic N) is 3. The molecule has 0 aliphatic carbocycles. The Bertz CT molecular complexity index is 434. The average molecular weight is 420 g/mol. The Hall–Kier alpha value is -1.75. The number of methoxy groups -OCH3 is 1. The molecule has 170 valence electrons. The molecule has 0 aromatic rings. The molecule has 2 rings (SSSR count). The van der Waals surface area contributed by atoms with Gasteiger partial charge in [-0.15, -0.1) is 0 Å². The van der Waals surface area contributed by atoms with Crippen molar-refractivity contribution in [3.05, 3.63) is 0 Å². The molecule has 2 aliphatic heterocycles. The second-order valence-electron chi connectivity index (χ2n) is 6.94. The lowest BCUT2D eigenvalue weighted by Crippen LogP contribution is -2.45. The Kier molecular flexibility index (Phi) is 17.2. The summed E-state index contributed by atoms with van der Waals surface area (Å²) in [7, 11) is 3.81. The van der Waals surface area contributed by atoms with Gasteiger partial charge in [0, 0.05) is 39.8 Å². The maximum absolute atomic E-state index is 12.7. The Morgan fingerprint density at radius 2 is 1.69 bits per heavy atom. The number of ether oxygens (including phenoxy) is 2. The van der Waals surface area contributed by atoms with Crippen LogP contribution in [0.5, 0.6) is 0 Å². The molecule has 2 heterocycles. The molecule has 0 aromatic carbocycles. The van der Waals surface area contributed by atoms with Crippen LogP contribution < -0.4 is 0 Å². The summed E-state index contributed by atoms with van der Waals surface area (Å²) in [5, 5.41) is 13.8. The molecule has 1 amide bonds. The molecule has 2 N–H and O–H groups in total. The number of amides is 1. The minimum absolute atomic E-state index is 0.206. The maximum Gasteiger partial charge on any atom is 0.290 e. The van der Waals surface area contributed by atoms with Gasteiger partial charge in [0.2, 0.25) is 5.91 Å². The monoisotopic (exact) mass is 419 g/mol. The summed E-state index contributed by atoms with van der Waals surface area (Å²) in [5.41, 5.74) is 0. The fourth-order valence-corrected chi connectivity index (χ4v) is 3.48. The second-order valence-corrected chi connectivity index (χ2v) is 6.94. The van der Waals surface area contributed by atoms with Gasteiger partial charge < -0.3 is 29.5 Å². The summed E-state index contributed by atoms with van der Waals surface area (Å²) in [6.45, 7) is 8.32. The van der Waals surface area contributed by atoms with Crippen molar-refractivity contribution < 1.29 is 34.1 Å². The largest absolute Gasteiger partial charge is 0.483 e. The minimum atomic E-state index is -0.250. The van der Waals surface area contributed by atoms with Crippen LogP contribution in [0.2, 0.25) is 0 Å². The maximum atomic E-state index is 12.7. The third-order valence-electron chi connectivity index (χ3n) is 4.86. The quantitative estimate of drug-likeness (QED) is 0.431. The molecule has 2 fully saturated rings. The number of likely N-dealkylation sites (tertiary alicyclic amines) is 1. The van der Waals surface area contributed by atoms with Crippen LogP contribution in [0, 0.1) is 5.92 Å². The van der Waals surface area contributed by atoms with Crippen molar-refractivity contribution in [2.45, 2.75) is 19.3 Å².